The second-order valence-electron chi connectivity index (χ2n) is 5.46. The fraction of sp³-hybridized carbons (Fsp3) is 0.294. The molecule has 2 aromatic rings. The van der Waals surface area contributed by atoms with Crippen molar-refractivity contribution in [1.29, 1.82) is 0 Å². The first-order valence-corrected chi connectivity index (χ1v) is 7.07. The predicted octanol–water partition coefficient (Wildman–Crippen LogP) is 1.94. The largest absolute Gasteiger partial charge is 0.456 e. The average molecular weight is 300 g/mol. The predicted molar refractivity (Wildman–Crippen MR) is 84.7 cm³/mol. The standard InChI is InChI=1S/C17H20N2O3/c1-12-8-15(20)9-16(22-12)17(21)18-10-13-6-4-5-7-14(13)11-19(2)3/h4-9H,10-11H2,1-3H3,(H,18,21). The molecule has 1 amide bonds. The highest BCUT2D eigenvalue weighted by Crippen LogP contribution is 2.10. The Morgan fingerprint density at radius 3 is 2.50 bits per heavy atom. The smallest absolute Gasteiger partial charge is 0.287 e. The normalized spacial score (nSPS) is 10.7. The molecule has 0 spiro atoms. The van der Waals surface area contributed by atoms with E-state index in [1.54, 1.807) is 6.92 Å². The third-order valence-corrected chi connectivity index (χ3v) is 3.16. The molecule has 0 fully saturated rings. The van der Waals surface area contributed by atoms with Gasteiger partial charge in [0, 0.05) is 25.2 Å². The molecule has 0 aliphatic heterocycles. The van der Waals surface area contributed by atoms with Gasteiger partial charge in [-0.25, -0.2) is 0 Å². The van der Waals surface area contributed by atoms with E-state index in [0.29, 0.717) is 12.3 Å². The van der Waals surface area contributed by atoms with Gasteiger partial charge < -0.3 is 14.6 Å². The van der Waals surface area contributed by atoms with E-state index in [1.165, 1.54) is 12.1 Å². The van der Waals surface area contributed by atoms with Crippen LogP contribution in [-0.4, -0.2) is 24.9 Å². The maximum atomic E-state index is 12.1. The number of benzene rings is 1. The second-order valence-corrected chi connectivity index (χ2v) is 5.46. The number of nitrogens with zero attached hydrogens (tertiary/aromatic N) is 1. The van der Waals surface area contributed by atoms with Gasteiger partial charge in [0.15, 0.2) is 11.2 Å². The van der Waals surface area contributed by atoms with Crippen molar-refractivity contribution in [2.75, 3.05) is 14.1 Å². The molecule has 1 heterocycles. The fourth-order valence-electron chi connectivity index (χ4n) is 2.20. The Kier molecular flexibility index (Phi) is 5.12. The van der Waals surface area contributed by atoms with E-state index in [9.17, 15) is 9.59 Å². The lowest BCUT2D eigenvalue weighted by Crippen LogP contribution is -2.25. The summed E-state index contributed by atoms with van der Waals surface area (Å²) in [6, 6.07) is 10.5. The lowest BCUT2D eigenvalue weighted by atomic mass is 10.1. The molecule has 0 aliphatic carbocycles. The minimum absolute atomic E-state index is 0.0371. The van der Waals surface area contributed by atoms with Crippen molar-refractivity contribution in [3.05, 3.63) is 69.3 Å². The third kappa shape index (κ3) is 4.30. The molecular formula is C17H20N2O3. The van der Waals surface area contributed by atoms with E-state index in [2.05, 4.69) is 10.2 Å². The molecule has 0 saturated heterocycles. The van der Waals surface area contributed by atoms with Gasteiger partial charge in [-0.05, 0) is 32.1 Å². The van der Waals surface area contributed by atoms with Gasteiger partial charge in [-0.2, -0.15) is 0 Å². The molecule has 0 saturated carbocycles. The molecule has 5 heteroatoms. The van der Waals surface area contributed by atoms with E-state index >= 15 is 0 Å². The lowest BCUT2D eigenvalue weighted by molar-refractivity contribution is 0.0919. The summed E-state index contributed by atoms with van der Waals surface area (Å²) < 4.78 is 5.28. The van der Waals surface area contributed by atoms with Crippen LogP contribution >= 0.6 is 0 Å². The van der Waals surface area contributed by atoms with Crippen molar-refractivity contribution >= 4 is 5.91 Å². The maximum Gasteiger partial charge on any atom is 0.287 e. The molecule has 0 unspecified atom stereocenters. The van der Waals surface area contributed by atoms with Crippen LogP contribution in [0, 0.1) is 6.92 Å². The number of rotatable bonds is 5. The quantitative estimate of drug-likeness (QED) is 0.916. The van der Waals surface area contributed by atoms with Crippen molar-refractivity contribution in [3.8, 4) is 0 Å². The zero-order valence-corrected chi connectivity index (χ0v) is 13.1. The molecule has 22 heavy (non-hydrogen) atoms. The van der Waals surface area contributed by atoms with E-state index in [1.807, 2.05) is 38.4 Å². The molecule has 2 rings (SSSR count). The molecule has 0 radical (unpaired) electrons. The summed E-state index contributed by atoms with van der Waals surface area (Å²) in [5, 5.41) is 2.79. The fourth-order valence-corrected chi connectivity index (χ4v) is 2.20. The molecule has 5 nitrogen and oxygen atoms in total. The topological polar surface area (TPSA) is 62.6 Å². The number of hydrogen-bond acceptors (Lipinski definition) is 4. The first-order valence-electron chi connectivity index (χ1n) is 7.07. The van der Waals surface area contributed by atoms with Crippen LogP contribution in [0.25, 0.3) is 0 Å². The number of carbonyl (C=O) groups is 1. The van der Waals surface area contributed by atoms with Gasteiger partial charge in [-0.3, -0.25) is 9.59 Å². The molecule has 0 atom stereocenters. The van der Waals surface area contributed by atoms with Gasteiger partial charge in [0.25, 0.3) is 5.91 Å². The van der Waals surface area contributed by atoms with Crippen LogP contribution in [0.1, 0.15) is 27.4 Å². The van der Waals surface area contributed by atoms with Crippen molar-refractivity contribution in [3.63, 3.8) is 0 Å². The third-order valence-electron chi connectivity index (χ3n) is 3.16. The summed E-state index contributed by atoms with van der Waals surface area (Å²) >= 11 is 0. The van der Waals surface area contributed by atoms with Gasteiger partial charge in [0.1, 0.15) is 5.76 Å². The Labute approximate surface area is 129 Å². The Morgan fingerprint density at radius 1 is 1.18 bits per heavy atom. The summed E-state index contributed by atoms with van der Waals surface area (Å²) in [6.07, 6.45) is 0. The number of aryl methyl sites for hydroxylation is 1. The highest BCUT2D eigenvalue weighted by atomic mass is 16.3. The monoisotopic (exact) mass is 300 g/mol. The van der Waals surface area contributed by atoms with Crippen molar-refractivity contribution in [1.82, 2.24) is 10.2 Å². The Hall–Kier alpha value is -2.40. The summed E-state index contributed by atoms with van der Waals surface area (Å²) in [6.45, 7) is 2.83. The van der Waals surface area contributed by atoms with Crippen LogP contribution in [0.15, 0.2) is 45.6 Å². The Morgan fingerprint density at radius 2 is 1.86 bits per heavy atom. The highest BCUT2D eigenvalue weighted by molar-refractivity contribution is 5.91. The maximum absolute atomic E-state index is 12.1. The van der Waals surface area contributed by atoms with Crippen molar-refractivity contribution < 1.29 is 9.21 Å². The van der Waals surface area contributed by atoms with Gasteiger partial charge in [-0.1, -0.05) is 24.3 Å². The summed E-state index contributed by atoms with van der Waals surface area (Å²) in [5.41, 5.74) is 1.96. The zero-order chi connectivity index (χ0) is 16.1. The SMILES string of the molecule is Cc1cc(=O)cc(C(=O)NCc2ccccc2CN(C)C)o1. The molecule has 1 N–H and O–H groups in total. The number of amides is 1. The minimum atomic E-state index is -0.388. The molecule has 1 aromatic carbocycles. The van der Waals surface area contributed by atoms with E-state index in [0.717, 1.165) is 17.7 Å². The number of carbonyl (C=O) groups excluding carboxylic acids is 1. The lowest BCUT2D eigenvalue weighted by Gasteiger charge is -2.14. The Bertz CT molecular complexity index is 720. The molecular weight excluding hydrogens is 280 g/mol. The van der Waals surface area contributed by atoms with Crippen LogP contribution in [0.3, 0.4) is 0 Å². The number of nitrogens with one attached hydrogen (secondary N) is 1. The summed E-state index contributed by atoms with van der Waals surface area (Å²) in [5.74, 6) is 0.0706. The van der Waals surface area contributed by atoms with E-state index in [-0.39, 0.29) is 17.1 Å². The van der Waals surface area contributed by atoms with Crippen LogP contribution < -0.4 is 10.7 Å². The second kappa shape index (κ2) is 7.04. The van der Waals surface area contributed by atoms with E-state index in [4.69, 9.17) is 4.42 Å². The highest BCUT2D eigenvalue weighted by Gasteiger charge is 2.11. The van der Waals surface area contributed by atoms with Crippen LogP contribution in [0.4, 0.5) is 0 Å². The Balaban J connectivity index is 2.09. The summed E-state index contributed by atoms with van der Waals surface area (Å²) in [7, 11) is 3.99. The van der Waals surface area contributed by atoms with Gasteiger partial charge in [0.2, 0.25) is 0 Å². The first kappa shape index (κ1) is 16.0. The molecule has 116 valence electrons. The van der Waals surface area contributed by atoms with E-state index < -0.39 is 0 Å². The average Bonchev–Trinajstić information content (AvgIpc) is 2.44. The van der Waals surface area contributed by atoms with Crippen LogP contribution in [-0.2, 0) is 13.1 Å². The zero-order valence-electron chi connectivity index (χ0n) is 13.1. The van der Waals surface area contributed by atoms with Crippen LogP contribution in [0.5, 0.6) is 0 Å². The number of hydrogen-bond donors (Lipinski definition) is 1. The van der Waals surface area contributed by atoms with Crippen molar-refractivity contribution in [2.45, 2.75) is 20.0 Å². The van der Waals surface area contributed by atoms with Crippen molar-refractivity contribution in [2.24, 2.45) is 0 Å². The first-order chi connectivity index (χ1) is 10.5. The van der Waals surface area contributed by atoms with Gasteiger partial charge in [0.05, 0.1) is 0 Å². The van der Waals surface area contributed by atoms with Gasteiger partial charge in [-0.15, -0.1) is 0 Å². The molecule has 1 aromatic heterocycles. The molecule has 0 aliphatic rings. The van der Waals surface area contributed by atoms with Gasteiger partial charge >= 0.3 is 0 Å². The minimum Gasteiger partial charge on any atom is -0.456 e. The molecule has 0 bridgehead atoms. The van der Waals surface area contributed by atoms with Crippen LogP contribution in [0.2, 0.25) is 0 Å². The summed E-state index contributed by atoms with van der Waals surface area (Å²) in [4.78, 5) is 25.6.